The largest absolute Gasteiger partial charge is 0.490 e. The molecule has 3 aromatic carbocycles. The van der Waals surface area contributed by atoms with E-state index in [4.69, 9.17) is 37.9 Å². The minimum atomic E-state index is -4.71. The average molecular weight is 581 g/mol. The van der Waals surface area contributed by atoms with Crippen LogP contribution in [-0.4, -0.2) is 30.1 Å². The van der Waals surface area contributed by atoms with Gasteiger partial charge in [-0.2, -0.15) is 13.2 Å². The molecule has 0 bridgehead atoms. The number of hydrogen-bond donors (Lipinski definition) is 3. The Hall–Kier alpha value is -3.73. The molecule has 204 valence electrons. The zero-order valence-corrected chi connectivity index (χ0v) is 21.5. The number of rotatable bonds is 9. The van der Waals surface area contributed by atoms with Gasteiger partial charge in [-0.3, -0.25) is 9.59 Å². The third-order valence-electron chi connectivity index (χ3n) is 5.71. The fourth-order valence-electron chi connectivity index (χ4n) is 4.03. The van der Waals surface area contributed by atoms with Gasteiger partial charge in [0, 0.05) is 10.6 Å². The number of benzene rings is 3. The highest BCUT2D eigenvalue weighted by Crippen LogP contribution is 2.41. The van der Waals surface area contributed by atoms with Crippen molar-refractivity contribution in [1.29, 1.82) is 0 Å². The number of halogens is 5. The maximum absolute atomic E-state index is 13.8. The van der Waals surface area contributed by atoms with Gasteiger partial charge in [-0.25, -0.2) is 0 Å². The normalized spacial score (nSPS) is 15.2. The number of amides is 1. The van der Waals surface area contributed by atoms with E-state index in [0.29, 0.717) is 21.9 Å². The van der Waals surface area contributed by atoms with Crippen molar-refractivity contribution in [3.8, 4) is 5.75 Å². The zero-order chi connectivity index (χ0) is 28.2. The van der Waals surface area contributed by atoms with Gasteiger partial charge in [-0.1, -0.05) is 65.7 Å². The van der Waals surface area contributed by atoms with Crippen LogP contribution in [0.5, 0.6) is 5.75 Å². The van der Waals surface area contributed by atoms with Crippen molar-refractivity contribution < 1.29 is 37.4 Å². The molecule has 12 heteroatoms. The Labute approximate surface area is 231 Å². The van der Waals surface area contributed by atoms with Crippen LogP contribution in [0.4, 0.5) is 13.2 Å². The fourth-order valence-corrected chi connectivity index (χ4v) is 4.49. The first-order chi connectivity index (χ1) is 18.5. The lowest BCUT2D eigenvalue weighted by Gasteiger charge is -2.16. The van der Waals surface area contributed by atoms with Gasteiger partial charge in [-0.15, -0.1) is 5.48 Å². The molecule has 3 aromatic rings. The van der Waals surface area contributed by atoms with Gasteiger partial charge < -0.3 is 20.0 Å². The topological polar surface area (TPSA) is 96.9 Å². The van der Waals surface area contributed by atoms with E-state index in [9.17, 15) is 22.8 Å². The van der Waals surface area contributed by atoms with Crippen LogP contribution < -0.4 is 15.5 Å². The van der Waals surface area contributed by atoms with Gasteiger partial charge in [0.1, 0.15) is 18.4 Å². The van der Waals surface area contributed by atoms with E-state index in [1.165, 1.54) is 24.3 Å². The first-order valence-corrected chi connectivity index (χ1v) is 12.3. The minimum absolute atomic E-state index is 0.00188. The second-order valence-electron chi connectivity index (χ2n) is 8.43. The smallest absolute Gasteiger partial charge is 0.417 e. The first kappa shape index (κ1) is 28.3. The third-order valence-corrected chi connectivity index (χ3v) is 6.24. The lowest BCUT2D eigenvalue weighted by atomic mass is 9.93. The summed E-state index contributed by atoms with van der Waals surface area (Å²) in [6.07, 6.45) is -4.99. The lowest BCUT2D eigenvalue weighted by molar-refractivity contribution is -0.138. The van der Waals surface area contributed by atoms with Crippen molar-refractivity contribution in [3.05, 3.63) is 105 Å². The highest BCUT2D eigenvalue weighted by Gasteiger charge is 2.40. The number of carboxylic acid groups (broad SMARTS) is 1. The standard InChI is InChI=1S/C27H21Cl2F3N2O5/c28-17-8-9-21(20(29)14-17)38-11-10-33-26(37)23-24(16-5-3-4-15(12-16)13-22(35)36)34-39-25(23)18-6-1-2-7-19(18)27(30,31)32/h1-9,12,14,24,34H,10-11,13H2,(H,33,37)(H,35,36). The summed E-state index contributed by atoms with van der Waals surface area (Å²) in [6.45, 7) is -0.0108. The Morgan fingerprint density at radius 3 is 2.54 bits per heavy atom. The summed E-state index contributed by atoms with van der Waals surface area (Å²) in [7, 11) is 0. The Bertz CT molecular complexity index is 1430. The minimum Gasteiger partial charge on any atom is -0.490 e. The second-order valence-corrected chi connectivity index (χ2v) is 9.28. The number of alkyl halides is 3. The molecular formula is C27H21Cl2F3N2O5. The highest BCUT2D eigenvalue weighted by atomic mass is 35.5. The highest BCUT2D eigenvalue weighted by molar-refractivity contribution is 6.35. The Kier molecular flexibility index (Phi) is 8.69. The van der Waals surface area contributed by atoms with E-state index in [1.807, 2.05) is 0 Å². The summed E-state index contributed by atoms with van der Waals surface area (Å²) in [5.74, 6) is -1.72. The van der Waals surface area contributed by atoms with Crippen LogP contribution >= 0.6 is 23.2 Å². The number of hydroxylamine groups is 1. The van der Waals surface area contributed by atoms with Crippen molar-refractivity contribution in [2.45, 2.75) is 18.6 Å². The van der Waals surface area contributed by atoms with E-state index < -0.39 is 29.7 Å². The molecular weight excluding hydrogens is 560 g/mol. The maximum Gasteiger partial charge on any atom is 0.417 e. The molecule has 1 aliphatic rings. The van der Waals surface area contributed by atoms with Crippen LogP contribution in [0.2, 0.25) is 10.0 Å². The summed E-state index contributed by atoms with van der Waals surface area (Å²) >= 11 is 12.0. The van der Waals surface area contributed by atoms with E-state index in [-0.39, 0.29) is 41.5 Å². The molecule has 1 atom stereocenters. The molecule has 0 radical (unpaired) electrons. The average Bonchev–Trinajstić information content (AvgIpc) is 3.32. The Balaban J connectivity index is 1.64. The van der Waals surface area contributed by atoms with Crippen LogP contribution in [-0.2, 0) is 27.0 Å². The molecule has 1 amide bonds. The van der Waals surface area contributed by atoms with Crippen molar-refractivity contribution >= 4 is 40.8 Å². The van der Waals surface area contributed by atoms with Crippen LogP contribution in [0.25, 0.3) is 5.76 Å². The number of ether oxygens (including phenoxy) is 1. The van der Waals surface area contributed by atoms with Crippen molar-refractivity contribution in [3.63, 3.8) is 0 Å². The van der Waals surface area contributed by atoms with Crippen LogP contribution in [0.3, 0.4) is 0 Å². The van der Waals surface area contributed by atoms with Crippen molar-refractivity contribution in [1.82, 2.24) is 10.8 Å². The van der Waals surface area contributed by atoms with E-state index in [0.717, 1.165) is 6.07 Å². The number of nitrogens with one attached hydrogen (secondary N) is 2. The summed E-state index contributed by atoms with van der Waals surface area (Å²) in [5.41, 5.74) is 2.10. The molecule has 0 aromatic heterocycles. The molecule has 0 saturated carbocycles. The molecule has 1 unspecified atom stereocenters. The number of carboxylic acids is 1. The SMILES string of the molecule is O=C(O)Cc1cccc(C2NOC(c3ccccc3C(F)(F)F)=C2C(=O)NCCOc2ccc(Cl)cc2Cl)c1. The van der Waals surface area contributed by atoms with E-state index in [1.54, 1.807) is 36.4 Å². The van der Waals surface area contributed by atoms with E-state index in [2.05, 4.69) is 10.8 Å². The molecule has 39 heavy (non-hydrogen) atoms. The van der Waals surface area contributed by atoms with Gasteiger partial charge in [0.05, 0.1) is 29.1 Å². The fraction of sp³-hybridized carbons (Fsp3) is 0.185. The van der Waals surface area contributed by atoms with Crippen molar-refractivity contribution in [2.75, 3.05) is 13.2 Å². The van der Waals surface area contributed by atoms with Crippen LogP contribution in [0.15, 0.2) is 72.3 Å². The molecule has 4 rings (SSSR count). The van der Waals surface area contributed by atoms with Crippen molar-refractivity contribution in [2.24, 2.45) is 0 Å². The summed E-state index contributed by atoms with van der Waals surface area (Å²) in [6, 6.07) is 14.8. The molecule has 3 N–H and O–H groups in total. The first-order valence-electron chi connectivity index (χ1n) is 11.5. The van der Waals surface area contributed by atoms with Gasteiger partial charge >= 0.3 is 12.1 Å². The lowest BCUT2D eigenvalue weighted by Crippen LogP contribution is -2.32. The Morgan fingerprint density at radius 1 is 1.05 bits per heavy atom. The van der Waals surface area contributed by atoms with Gasteiger partial charge in [-0.05, 0) is 35.4 Å². The summed E-state index contributed by atoms with van der Waals surface area (Å²) < 4.78 is 47.0. The number of hydrogen-bond acceptors (Lipinski definition) is 5. The van der Waals surface area contributed by atoms with E-state index >= 15 is 0 Å². The van der Waals surface area contributed by atoms with Crippen LogP contribution in [0, 0.1) is 0 Å². The molecule has 1 aliphatic heterocycles. The number of carbonyl (C=O) groups excluding carboxylic acids is 1. The molecule has 0 fully saturated rings. The van der Waals surface area contributed by atoms with Gasteiger partial charge in [0.25, 0.3) is 5.91 Å². The predicted octanol–water partition coefficient (Wildman–Crippen LogP) is 5.82. The molecule has 1 heterocycles. The number of aliphatic carboxylic acids is 1. The molecule has 0 saturated heterocycles. The monoisotopic (exact) mass is 580 g/mol. The molecule has 0 spiro atoms. The zero-order valence-electron chi connectivity index (χ0n) is 20.0. The summed E-state index contributed by atoms with van der Waals surface area (Å²) in [4.78, 5) is 30.1. The maximum atomic E-state index is 13.8. The Morgan fingerprint density at radius 2 is 1.82 bits per heavy atom. The van der Waals surface area contributed by atoms with Gasteiger partial charge in [0.2, 0.25) is 0 Å². The second kappa shape index (κ2) is 12.0. The predicted molar refractivity (Wildman–Crippen MR) is 138 cm³/mol. The summed E-state index contributed by atoms with van der Waals surface area (Å²) in [5, 5.41) is 12.5. The van der Waals surface area contributed by atoms with Gasteiger partial charge in [0.15, 0.2) is 5.76 Å². The third kappa shape index (κ3) is 6.83. The molecule has 7 nitrogen and oxygen atoms in total. The number of carbonyl (C=O) groups is 2. The van der Waals surface area contributed by atoms with Crippen LogP contribution in [0.1, 0.15) is 28.3 Å². The quantitative estimate of drug-likeness (QED) is 0.276. The molecule has 0 aliphatic carbocycles.